The van der Waals surface area contributed by atoms with Gasteiger partial charge >= 0.3 is 0 Å². The zero-order valence-corrected chi connectivity index (χ0v) is 14.1. The standard InChI is InChI=1S/C18H20FNO2S/c1-3-20(17-10-5-4-6-11-17)18(21)14(2)23(22)13-15-8-7-9-16(19)12-15/h4-12,14H,3,13H2,1-2H3/t14-,23+/m0/s1. The monoisotopic (exact) mass is 333 g/mol. The zero-order valence-electron chi connectivity index (χ0n) is 13.2. The molecule has 5 heteroatoms. The van der Waals surface area contributed by atoms with Gasteiger partial charge in [0.25, 0.3) is 0 Å². The fraction of sp³-hybridized carbons (Fsp3) is 0.278. The Morgan fingerprint density at radius 3 is 2.48 bits per heavy atom. The van der Waals surface area contributed by atoms with Gasteiger partial charge in [0.1, 0.15) is 11.1 Å². The molecular formula is C18H20FNO2S. The Balaban J connectivity index is 2.10. The second-order valence-electron chi connectivity index (χ2n) is 5.22. The molecule has 0 bridgehead atoms. The number of amides is 1. The molecule has 2 aromatic rings. The van der Waals surface area contributed by atoms with Gasteiger partial charge in [-0.1, -0.05) is 30.3 Å². The number of para-hydroxylation sites is 1. The van der Waals surface area contributed by atoms with E-state index in [0.29, 0.717) is 12.1 Å². The average molecular weight is 333 g/mol. The molecule has 0 aromatic heterocycles. The van der Waals surface area contributed by atoms with Crippen molar-refractivity contribution in [2.45, 2.75) is 24.9 Å². The van der Waals surface area contributed by atoms with Crippen molar-refractivity contribution in [3.8, 4) is 0 Å². The third-order valence-electron chi connectivity index (χ3n) is 3.59. The molecule has 0 aliphatic rings. The highest BCUT2D eigenvalue weighted by Gasteiger charge is 2.25. The van der Waals surface area contributed by atoms with Crippen LogP contribution in [-0.4, -0.2) is 21.9 Å². The Hall–Kier alpha value is -2.01. The van der Waals surface area contributed by atoms with Gasteiger partial charge in [0.2, 0.25) is 5.91 Å². The van der Waals surface area contributed by atoms with Gasteiger partial charge < -0.3 is 4.90 Å². The maximum atomic E-state index is 13.2. The number of hydrogen-bond donors (Lipinski definition) is 0. The van der Waals surface area contributed by atoms with Crippen LogP contribution in [0.5, 0.6) is 0 Å². The third kappa shape index (κ3) is 4.48. The van der Waals surface area contributed by atoms with E-state index in [1.807, 2.05) is 37.3 Å². The van der Waals surface area contributed by atoms with Crippen molar-refractivity contribution in [3.05, 3.63) is 66.0 Å². The maximum absolute atomic E-state index is 13.2. The summed E-state index contributed by atoms with van der Waals surface area (Å²) in [6.07, 6.45) is 0. The van der Waals surface area contributed by atoms with E-state index in [1.54, 1.807) is 24.0 Å². The topological polar surface area (TPSA) is 37.4 Å². The second kappa shape index (κ2) is 8.02. The number of carbonyl (C=O) groups excluding carboxylic acids is 1. The van der Waals surface area contributed by atoms with E-state index in [0.717, 1.165) is 5.69 Å². The van der Waals surface area contributed by atoms with Gasteiger partial charge in [0, 0.05) is 28.8 Å². The molecular weight excluding hydrogens is 313 g/mol. The normalized spacial score (nSPS) is 13.3. The Morgan fingerprint density at radius 1 is 1.17 bits per heavy atom. The Kier molecular flexibility index (Phi) is 6.04. The molecule has 0 saturated carbocycles. The Labute approximate surface area is 138 Å². The van der Waals surface area contributed by atoms with E-state index >= 15 is 0 Å². The van der Waals surface area contributed by atoms with Crippen LogP contribution in [0.2, 0.25) is 0 Å². The van der Waals surface area contributed by atoms with Crippen LogP contribution in [0.15, 0.2) is 54.6 Å². The first-order valence-corrected chi connectivity index (χ1v) is 8.89. The summed E-state index contributed by atoms with van der Waals surface area (Å²) in [6.45, 7) is 4.04. The summed E-state index contributed by atoms with van der Waals surface area (Å²) < 4.78 is 25.7. The highest BCUT2D eigenvalue weighted by Crippen LogP contribution is 2.17. The van der Waals surface area contributed by atoms with Crippen molar-refractivity contribution in [2.75, 3.05) is 11.4 Å². The van der Waals surface area contributed by atoms with E-state index in [1.165, 1.54) is 12.1 Å². The molecule has 0 saturated heterocycles. The summed E-state index contributed by atoms with van der Waals surface area (Å²) in [5, 5.41) is -0.654. The fourth-order valence-corrected chi connectivity index (χ4v) is 3.43. The van der Waals surface area contributed by atoms with E-state index < -0.39 is 16.0 Å². The SMILES string of the molecule is CCN(C(=O)[C@H](C)[S@](=O)Cc1cccc(F)c1)c1ccccc1. The van der Waals surface area contributed by atoms with Crippen LogP contribution >= 0.6 is 0 Å². The van der Waals surface area contributed by atoms with E-state index in [4.69, 9.17) is 0 Å². The molecule has 0 heterocycles. The molecule has 2 aromatic carbocycles. The predicted octanol–water partition coefficient (Wildman–Crippen LogP) is 3.52. The first-order valence-electron chi connectivity index (χ1n) is 7.51. The highest BCUT2D eigenvalue weighted by molar-refractivity contribution is 7.85. The molecule has 0 fully saturated rings. The number of rotatable bonds is 6. The summed E-state index contributed by atoms with van der Waals surface area (Å²) in [7, 11) is -1.41. The Morgan fingerprint density at radius 2 is 1.87 bits per heavy atom. The number of nitrogens with zero attached hydrogens (tertiary/aromatic N) is 1. The van der Waals surface area contributed by atoms with Crippen molar-refractivity contribution in [2.24, 2.45) is 0 Å². The lowest BCUT2D eigenvalue weighted by atomic mass is 10.2. The third-order valence-corrected chi connectivity index (χ3v) is 5.20. The Bertz CT molecular complexity index is 690. The lowest BCUT2D eigenvalue weighted by Crippen LogP contribution is -2.40. The molecule has 3 nitrogen and oxygen atoms in total. The van der Waals surface area contributed by atoms with Gasteiger partial charge in [-0.15, -0.1) is 0 Å². The van der Waals surface area contributed by atoms with Crippen LogP contribution in [0, 0.1) is 5.82 Å². The van der Waals surface area contributed by atoms with Gasteiger partial charge in [0.15, 0.2) is 0 Å². The summed E-state index contributed by atoms with van der Waals surface area (Å²) >= 11 is 0. The highest BCUT2D eigenvalue weighted by atomic mass is 32.2. The molecule has 1 amide bonds. The van der Waals surface area contributed by atoms with Gasteiger partial charge in [-0.2, -0.15) is 0 Å². The first-order chi connectivity index (χ1) is 11.0. The second-order valence-corrected chi connectivity index (χ2v) is 6.97. The van der Waals surface area contributed by atoms with Crippen LogP contribution in [0.1, 0.15) is 19.4 Å². The van der Waals surface area contributed by atoms with Crippen molar-refractivity contribution >= 4 is 22.4 Å². The molecule has 2 rings (SSSR count). The molecule has 0 aliphatic heterocycles. The minimum absolute atomic E-state index is 0.164. The molecule has 0 spiro atoms. The fourth-order valence-electron chi connectivity index (χ4n) is 2.32. The van der Waals surface area contributed by atoms with Crippen LogP contribution < -0.4 is 4.90 Å². The molecule has 0 N–H and O–H groups in total. The molecule has 0 aliphatic carbocycles. The minimum Gasteiger partial charge on any atom is -0.312 e. The van der Waals surface area contributed by atoms with Crippen molar-refractivity contribution in [3.63, 3.8) is 0 Å². The molecule has 0 unspecified atom stereocenters. The minimum atomic E-state index is -1.41. The van der Waals surface area contributed by atoms with Crippen molar-refractivity contribution < 1.29 is 13.4 Å². The largest absolute Gasteiger partial charge is 0.312 e. The summed E-state index contributed by atoms with van der Waals surface area (Å²) in [5.41, 5.74) is 1.42. The van der Waals surface area contributed by atoms with Crippen LogP contribution in [0.3, 0.4) is 0 Å². The molecule has 122 valence electrons. The number of benzene rings is 2. The number of carbonyl (C=O) groups is 1. The summed E-state index contributed by atoms with van der Waals surface area (Å²) in [6, 6.07) is 15.3. The maximum Gasteiger partial charge on any atom is 0.242 e. The van der Waals surface area contributed by atoms with Crippen molar-refractivity contribution in [1.82, 2.24) is 0 Å². The van der Waals surface area contributed by atoms with Gasteiger partial charge in [-0.25, -0.2) is 4.39 Å². The van der Waals surface area contributed by atoms with Crippen LogP contribution in [-0.2, 0) is 21.3 Å². The van der Waals surface area contributed by atoms with Gasteiger partial charge in [0.05, 0.1) is 0 Å². The van der Waals surface area contributed by atoms with Crippen LogP contribution in [0.25, 0.3) is 0 Å². The average Bonchev–Trinajstić information content (AvgIpc) is 2.55. The van der Waals surface area contributed by atoms with Crippen LogP contribution in [0.4, 0.5) is 10.1 Å². The van der Waals surface area contributed by atoms with E-state index in [2.05, 4.69) is 0 Å². The number of hydrogen-bond acceptors (Lipinski definition) is 2. The number of anilines is 1. The first kappa shape index (κ1) is 17.3. The molecule has 0 radical (unpaired) electrons. The van der Waals surface area contributed by atoms with Crippen molar-refractivity contribution in [1.29, 1.82) is 0 Å². The van der Waals surface area contributed by atoms with E-state index in [-0.39, 0.29) is 17.5 Å². The predicted molar refractivity (Wildman–Crippen MR) is 92.2 cm³/mol. The van der Waals surface area contributed by atoms with Gasteiger partial charge in [-0.3, -0.25) is 9.00 Å². The number of halogens is 1. The molecule has 2 atom stereocenters. The summed E-state index contributed by atoms with van der Waals surface area (Å²) in [5.74, 6) is -0.386. The van der Waals surface area contributed by atoms with Gasteiger partial charge in [-0.05, 0) is 43.7 Å². The van der Waals surface area contributed by atoms with E-state index in [9.17, 15) is 13.4 Å². The smallest absolute Gasteiger partial charge is 0.242 e. The lowest BCUT2D eigenvalue weighted by Gasteiger charge is -2.24. The lowest BCUT2D eigenvalue weighted by molar-refractivity contribution is -0.117. The summed E-state index contributed by atoms with van der Waals surface area (Å²) in [4.78, 5) is 14.3. The quantitative estimate of drug-likeness (QED) is 0.811. The molecule has 23 heavy (non-hydrogen) atoms. The zero-order chi connectivity index (χ0) is 16.8.